The first kappa shape index (κ1) is 16.6. The maximum absolute atomic E-state index is 12.4. The summed E-state index contributed by atoms with van der Waals surface area (Å²) < 4.78 is 23.2. The van der Waals surface area contributed by atoms with E-state index >= 15 is 0 Å². The minimum absolute atomic E-state index is 0.473. The monoisotopic (exact) mass is 260 g/mol. The molecule has 0 aliphatic rings. The van der Waals surface area contributed by atoms with Crippen LogP contribution >= 0.6 is 7.60 Å². The summed E-state index contributed by atoms with van der Waals surface area (Å²) in [6.45, 7) is 10.6. The Kier molecular flexibility index (Phi) is 9.43. The molecule has 0 unspecified atom stereocenters. The van der Waals surface area contributed by atoms with E-state index in [2.05, 4.69) is 20.4 Å². The molecule has 0 aromatic heterocycles. The summed E-state index contributed by atoms with van der Waals surface area (Å²) in [7, 11) is -3.08. The smallest absolute Gasteiger partial charge is 0.306 e. The molecule has 3 nitrogen and oxygen atoms in total. The molecule has 0 saturated heterocycles. The maximum Gasteiger partial charge on any atom is 0.354 e. The van der Waals surface area contributed by atoms with Crippen LogP contribution in [0.5, 0.6) is 0 Å². The maximum atomic E-state index is 12.4. The molecule has 0 N–H and O–H groups in total. The summed E-state index contributed by atoms with van der Waals surface area (Å²) in [6.07, 6.45) is 5.46. The van der Waals surface area contributed by atoms with Crippen LogP contribution in [-0.4, -0.2) is 13.2 Å². The van der Waals surface area contributed by atoms with E-state index in [0.717, 1.165) is 31.3 Å². The summed E-state index contributed by atoms with van der Waals surface area (Å²) in [5.74, 6) is 1.56. The molecule has 0 aliphatic heterocycles. The Hall–Kier alpha value is -0.370. The Morgan fingerprint density at radius 2 is 1.65 bits per heavy atom. The van der Waals surface area contributed by atoms with Gasteiger partial charge in [0, 0.05) is 5.82 Å². The molecule has 0 spiro atoms. The zero-order chi connectivity index (χ0) is 13.1. The topological polar surface area (TPSA) is 35.5 Å². The van der Waals surface area contributed by atoms with E-state index in [4.69, 9.17) is 9.05 Å². The second-order valence-corrected chi connectivity index (χ2v) is 5.84. The Labute approximate surface area is 105 Å². The highest BCUT2D eigenvalue weighted by molar-refractivity contribution is 7.57. The lowest BCUT2D eigenvalue weighted by molar-refractivity contribution is 0.207. The number of hydrogen-bond acceptors (Lipinski definition) is 3. The summed E-state index contributed by atoms with van der Waals surface area (Å²) in [5.41, 5.74) is 0.821. The van der Waals surface area contributed by atoms with E-state index in [9.17, 15) is 4.57 Å². The van der Waals surface area contributed by atoms with Crippen LogP contribution in [0.1, 0.15) is 46.5 Å². The van der Waals surface area contributed by atoms with Gasteiger partial charge in [-0.15, -0.1) is 0 Å². The lowest BCUT2D eigenvalue weighted by atomic mass is 10.4. The van der Waals surface area contributed by atoms with E-state index in [1.54, 1.807) is 11.9 Å². The highest BCUT2D eigenvalue weighted by Gasteiger charge is 2.20. The second-order valence-electron chi connectivity index (χ2n) is 3.99. The average Bonchev–Trinajstić information content (AvgIpc) is 2.29. The lowest BCUT2D eigenvalue weighted by Gasteiger charge is -2.15. The van der Waals surface area contributed by atoms with Crippen molar-refractivity contribution in [2.24, 2.45) is 0 Å². The number of unbranched alkanes of at least 4 members (excludes halogenated alkanes) is 2. The van der Waals surface area contributed by atoms with Crippen LogP contribution in [0.3, 0.4) is 0 Å². The van der Waals surface area contributed by atoms with Crippen molar-refractivity contribution in [3.63, 3.8) is 0 Å². The lowest BCUT2D eigenvalue weighted by Crippen LogP contribution is -1.98. The zero-order valence-electron chi connectivity index (χ0n) is 11.3. The third kappa shape index (κ3) is 8.37. The van der Waals surface area contributed by atoms with Crippen LogP contribution in [0, 0.1) is 0 Å². The molecule has 0 aromatic carbocycles. The van der Waals surface area contributed by atoms with Crippen LogP contribution in [0.2, 0.25) is 0 Å². The highest BCUT2D eigenvalue weighted by Crippen LogP contribution is 2.51. The van der Waals surface area contributed by atoms with Gasteiger partial charge in [0.1, 0.15) is 0 Å². The quantitative estimate of drug-likeness (QED) is 0.318. The molecule has 0 heterocycles. The van der Waals surface area contributed by atoms with Gasteiger partial charge in [-0.25, -0.2) is 0 Å². The van der Waals surface area contributed by atoms with Gasteiger partial charge in [-0.05, 0) is 25.3 Å². The third-order valence-electron chi connectivity index (χ3n) is 2.22. The van der Waals surface area contributed by atoms with Gasteiger partial charge in [0.25, 0.3) is 0 Å². The van der Waals surface area contributed by atoms with Gasteiger partial charge in [-0.2, -0.15) is 0 Å². The molecule has 100 valence electrons. The van der Waals surface area contributed by atoms with E-state index in [-0.39, 0.29) is 0 Å². The van der Waals surface area contributed by atoms with Crippen molar-refractivity contribution in [1.29, 1.82) is 0 Å². The van der Waals surface area contributed by atoms with Crippen molar-refractivity contribution in [2.75, 3.05) is 13.2 Å². The number of allylic oxidation sites excluding steroid dienone is 2. The molecule has 0 saturated carbocycles. The summed E-state index contributed by atoms with van der Waals surface area (Å²) in [6, 6.07) is 0. The molecule has 0 amide bonds. The van der Waals surface area contributed by atoms with Crippen molar-refractivity contribution in [2.45, 2.75) is 46.5 Å². The zero-order valence-corrected chi connectivity index (χ0v) is 12.2. The van der Waals surface area contributed by atoms with E-state index in [1.807, 2.05) is 6.92 Å². The first-order valence-electron chi connectivity index (χ1n) is 6.28. The van der Waals surface area contributed by atoms with Crippen molar-refractivity contribution in [3.05, 3.63) is 24.0 Å². The van der Waals surface area contributed by atoms with Gasteiger partial charge < -0.3 is 9.05 Å². The van der Waals surface area contributed by atoms with Crippen LogP contribution < -0.4 is 0 Å². The Bertz CT molecular complexity index is 270. The SMILES string of the molecule is C=C/C(C)=C/P(=O)(OCCCC)OCCCC. The van der Waals surface area contributed by atoms with Gasteiger partial charge in [0.15, 0.2) is 0 Å². The van der Waals surface area contributed by atoms with Gasteiger partial charge in [0.2, 0.25) is 0 Å². The predicted molar refractivity (Wildman–Crippen MR) is 73.3 cm³/mol. The molecular formula is C13H25O3P. The van der Waals surface area contributed by atoms with Crippen molar-refractivity contribution >= 4 is 7.60 Å². The number of hydrogen-bond donors (Lipinski definition) is 0. The molecule has 4 heteroatoms. The fourth-order valence-electron chi connectivity index (χ4n) is 1.09. The predicted octanol–water partition coefficient (Wildman–Crippen LogP) is 4.90. The molecule has 0 aliphatic carbocycles. The largest absolute Gasteiger partial charge is 0.354 e. The first-order valence-corrected chi connectivity index (χ1v) is 7.89. The van der Waals surface area contributed by atoms with E-state index < -0.39 is 7.60 Å². The van der Waals surface area contributed by atoms with Gasteiger partial charge in [-0.3, -0.25) is 4.57 Å². The van der Waals surface area contributed by atoms with Crippen LogP contribution in [0.4, 0.5) is 0 Å². The molecule has 0 atom stereocenters. The second kappa shape index (κ2) is 9.64. The molecule has 0 aromatic rings. The molecule has 0 bridgehead atoms. The van der Waals surface area contributed by atoms with Crippen LogP contribution in [0.15, 0.2) is 24.0 Å². The van der Waals surface area contributed by atoms with E-state index in [0.29, 0.717) is 13.2 Å². The minimum Gasteiger partial charge on any atom is -0.306 e. The van der Waals surface area contributed by atoms with Gasteiger partial charge in [0.05, 0.1) is 13.2 Å². The number of rotatable bonds is 10. The fourth-order valence-corrected chi connectivity index (χ4v) is 2.68. The summed E-state index contributed by atoms with van der Waals surface area (Å²) in [4.78, 5) is 0. The molecule has 0 radical (unpaired) electrons. The molecule has 17 heavy (non-hydrogen) atoms. The molecule has 0 rings (SSSR count). The van der Waals surface area contributed by atoms with Crippen LogP contribution in [0.25, 0.3) is 0 Å². The summed E-state index contributed by atoms with van der Waals surface area (Å²) in [5, 5.41) is 0. The minimum atomic E-state index is -3.08. The standard InChI is InChI=1S/C13H25O3P/c1-5-8-10-15-17(14,12-13(4)7-3)16-11-9-6-2/h7,12H,3,5-6,8-11H2,1-2,4H3/b13-12+. The highest BCUT2D eigenvalue weighted by atomic mass is 31.2. The normalized spacial score (nSPS) is 12.8. The first-order chi connectivity index (χ1) is 8.08. The Balaban J connectivity index is 4.45. The van der Waals surface area contributed by atoms with Crippen molar-refractivity contribution in [1.82, 2.24) is 0 Å². The van der Waals surface area contributed by atoms with Gasteiger partial charge in [-0.1, -0.05) is 39.3 Å². The third-order valence-corrected chi connectivity index (χ3v) is 4.03. The molecular weight excluding hydrogens is 235 g/mol. The average molecular weight is 260 g/mol. The van der Waals surface area contributed by atoms with Crippen molar-refractivity contribution < 1.29 is 13.6 Å². The summed E-state index contributed by atoms with van der Waals surface area (Å²) >= 11 is 0. The Morgan fingerprint density at radius 1 is 1.18 bits per heavy atom. The van der Waals surface area contributed by atoms with Crippen LogP contribution in [-0.2, 0) is 13.6 Å². The molecule has 0 fully saturated rings. The van der Waals surface area contributed by atoms with Crippen molar-refractivity contribution in [3.8, 4) is 0 Å². The van der Waals surface area contributed by atoms with E-state index in [1.165, 1.54) is 0 Å². The van der Waals surface area contributed by atoms with Gasteiger partial charge >= 0.3 is 7.60 Å². The Morgan fingerprint density at radius 3 is 2.00 bits per heavy atom. The fraction of sp³-hybridized carbons (Fsp3) is 0.692.